The molecule has 1 heterocycles. The molecule has 0 radical (unpaired) electrons. The number of nitrogens with two attached hydrogens (primary N) is 1. The second kappa shape index (κ2) is 6.94. The Bertz CT molecular complexity index is 794. The fourth-order valence-electron chi connectivity index (χ4n) is 1.84. The summed E-state index contributed by atoms with van der Waals surface area (Å²) in [5, 5.41) is 3.14. The van der Waals surface area contributed by atoms with Gasteiger partial charge in [0, 0.05) is 10.7 Å². The number of rotatable bonds is 3. The van der Waals surface area contributed by atoms with Crippen molar-refractivity contribution in [3.8, 4) is 0 Å². The number of benzene rings is 1. The third kappa shape index (κ3) is 4.36. The molecule has 0 bridgehead atoms. The topological polar surface area (TPSA) is 77.2 Å². The average Bonchev–Trinajstić information content (AvgIpc) is 2.44. The molecule has 1 aromatic carbocycles. The lowest BCUT2D eigenvalue weighted by Crippen LogP contribution is -2.25. The van der Waals surface area contributed by atoms with Crippen molar-refractivity contribution in [1.29, 1.82) is 0 Å². The highest BCUT2D eigenvalue weighted by molar-refractivity contribution is 9.10. The van der Waals surface area contributed by atoms with Crippen LogP contribution in [0, 0.1) is 5.82 Å². The first kappa shape index (κ1) is 18.5. The molecule has 0 saturated heterocycles. The Morgan fingerprint density at radius 2 is 2.08 bits per heavy atom. The quantitative estimate of drug-likeness (QED) is 0.695. The maximum absolute atomic E-state index is 14.4. The standard InChI is InChI=1S/C16H16BrClFN3O2/c1-16(2,3)24-15(23)9-7-21-14(20)12(19)13(9)22-11-5-4-8(17)6-10(11)18/h4-7H,1-3H3,(H3,20,21,22). The van der Waals surface area contributed by atoms with E-state index >= 15 is 0 Å². The summed E-state index contributed by atoms with van der Waals surface area (Å²) in [7, 11) is 0. The molecule has 3 N–H and O–H groups in total. The Hall–Kier alpha value is -1.86. The van der Waals surface area contributed by atoms with Crippen molar-refractivity contribution < 1.29 is 13.9 Å². The van der Waals surface area contributed by atoms with Gasteiger partial charge in [0.15, 0.2) is 11.6 Å². The smallest absolute Gasteiger partial charge is 0.342 e. The lowest BCUT2D eigenvalue weighted by atomic mass is 10.1. The summed E-state index contributed by atoms with van der Waals surface area (Å²) < 4.78 is 20.5. The van der Waals surface area contributed by atoms with Gasteiger partial charge in [-0.1, -0.05) is 27.5 Å². The molecule has 2 aromatic rings. The number of carbonyl (C=O) groups excluding carboxylic acids is 1. The summed E-state index contributed by atoms with van der Waals surface area (Å²) in [4.78, 5) is 16.0. The van der Waals surface area contributed by atoms with Gasteiger partial charge < -0.3 is 15.8 Å². The van der Waals surface area contributed by atoms with Gasteiger partial charge in [-0.3, -0.25) is 0 Å². The van der Waals surface area contributed by atoms with Crippen LogP contribution in [-0.2, 0) is 4.74 Å². The van der Waals surface area contributed by atoms with Crippen LogP contribution >= 0.6 is 27.5 Å². The van der Waals surface area contributed by atoms with E-state index < -0.39 is 17.4 Å². The molecule has 24 heavy (non-hydrogen) atoms. The second-order valence-corrected chi connectivity index (χ2v) is 7.32. The van der Waals surface area contributed by atoms with Gasteiger partial charge in [0.25, 0.3) is 0 Å². The van der Waals surface area contributed by atoms with E-state index in [-0.39, 0.29) is 17.1 Å². The fourth-order valence-corrected chi connectivity index (χ4v) is 2.56. The van der Waals surface area contributed by atoms with Crippen LogP contribution in [0.2, 0.25) is 5.02 Å². The number of anilines is 3. The lowest BCUT2D eigenvalue weighted by Gasteiger charge is -2.21. The number of nitrogens with one attached hydrogen (secondary N) is 1. The number of esters is 1. The summed E-state index contributed by atoms with van der Waals surface area (Å²) >= 11 is 9.42. The van der Waals surface area contributed by atoms with E-state index in [0.29, 0.717) is 10.7 Å². The van der Waals surface area contributed by atoms with Crippen LogP contribution in [0.4, 0.5) is 21.6 Å². The first-order chi connectivity index (χ1) is 11.1. The van der Waals surface area contributed by atoms with Crippen LogP contribution in [0.25, 0.3) is 0 Å². The second-order valence-electron chi connectivity index (χ2n) is 6.00. The minimum absolute atomic E-state index is 0.0735. The summed E-state index contributed by atoms with van der Waals surface area (Å²) in [5.74, 6) is -1.90. The highest BCUT2D eigenvalue weighted by atomic mass is 79.9. The third-order valence-electron chi connectivity index (χ3n) is 2.86. The van der Waals surface area contributed by atoms with Gasteiger partial charge in [-0.2, -0.15) is 0 Å². The predicted molar refractivity (Wildman–Crippen MR) is 96.2 cm³/mol. The van der Waals surface area contributed by atoms with Crippen molar-refractivity contribution in [1.82, 2.24) is 4.98 Å². The number of pyridine rings is 1. The molecular formula is C16H16BrClFN3O2. The number of aromatic nitrogens is 1. The van der Waals surface area contributed by atoms with Crippen LogP contribution in [0.5, 0.6) is 0 Å². The zero-order valence-corrected chi connectivity index (χ0v) is 15.6. The molecule has 5 nitrogen and oxygen atoms in total. The van der Waals surface area contributed by atoms with Crippen molar-refractivity contribution in [2.45, 2.75) is 26.4 Å². The van der Waals surface area contributed by atoms with Gasteiger partial charge in [-0.25, -0.2) is 14.2 Å². The lowest BCUT2D eigenvalue weighted by molar-refractivity contribution is 0.00699. The number of ether oxygens (including phenoxy) is 1. The predicted octanol–water partition coefficient (Wildman–Crippen LogP) is 4.92. The van der Waals surface area contributed by atoms with E-state index in [9.17, 15) is 9.18 Å². The molecule has 0 saturated carbocycles. The number of carbonyl (C=O) groups is 1. The maximum atomic E-state index is 14.4. The molecule has 128 valence electrons. The summed E-state index contributed by atoms with van der Waals surface area (Å²) in [6.07, 6.45) is 1.17. The normalized spacial score (nSPS) is 11.2. The van der Waals surface area contributed by atoms with Gasteiger partial charge in [-0.15, -0.1) is 0 Å². The molecule has 0 aliphatic carbocycles. The Morgan fingerprint density at radius 3 is 2.67 bits per heavy atom. The van der Waals surface area contributed by atoms with Crippen LogP contribution < -0.4 is 11.1 Å². The Kier molecular flexibility index (Phi) is 5.35. The van der Waals surface area contributed by atoms with Crippen molar-refractivity contribution in [2.75, 3.05) is 11.1 Å². The molecule has 1 aromatic heterocycles. The molecule has 8 heteroatoms. The number of nitrogens with zero attached hydrogens (tertiary/aromatic N) is 1. The van der Waals surface area contributed by atoms with E-state index in [1.165, 1.54) is 6.20 Å². The maximum Gasteiger partial charge on any atom is 0.342 e. The number of halogens is 3. The van der Waals surface area contributed by atoms with Crippen molar-refractivity contribution in [3.63, 3.8) is 0 Å². The highest BCUT2D eigenvalue weighted by Crippen LogP contribution is 2.32. The third-order valence-corrected chi connectivity index (χ3v) is 3.66. The molecule has 0 fully saturated rings. The van der Waals surface area contributed by atoms with E-state index in [2.05, 4.69) is 26.2 Å². The SMILES string of the molecule is CC(C)(C)OC(=O)c1cnc(N)c(F)c1Nc1ccc(Br)cc1Cl. The largest absolute Gasteiger partial charge is 0.456 e. The number of hydrogen-bond donors (Lipinski definition) is 2. The molecule has 0 aliphatic rings. The summed E-state index contributed by atoms with van der Waals surface area (Å²) in [5.41, 5.74) is 4.98. The average molecular weight is 417 g/mol. The zero-order chi connectivity index (χ0) is 18.1. The molecule has 0 unspecified atom stereocenters. The van der Waals surface area contributed by atoms with Gasteiger partial charge in [0.1, 0.15) is 11.2 Å². The minimum Gasteiger partial charge on any atom is -0.456 e. The van der Waals surface area contributed by atoms with Crippen LogP contribution in [0.1, 0.15) is 31.1 Å². The van der Waals surface area contributed by atoms with E-state index in [1.54, 1.807) is 39.0 Å². The van der Waals surface area contributed by atoms with Crippen LogP contribution in [-0.4, -0.2) is 16.6 Å². The van der Waals surface area contributed by atoms with E-state index in [1.807, 2.05) is 0 Å². The van der Waals surface area contributed by atoms with Crippen molar-refractivity contribution >= 4 is 50.7 Å². The Balaban J connectivity index is 2.47. The van der Waals surface area contributed by atoms with Crippen LogP contribution in [0.3, 0.4) is 0 Å². The molecule has 0 atom stereocenters. The highest BCUT2D eigenvalue weighted by Gasteiger charge is 2.24. The summed E-state index contributed by atoms with van der Waals surface area (Å²) in [6.45, 7) is 5.14. The zero-order valence-electron chi connectivity index (χ0n) is 13.3. The van der Waals surface area contributed by atoms with Gasteiger partial charge in [0.2, 0.25) is 0 Å². The minimum atomic E-state index is -0.850. The van der Waals surface area contributed by atoms with Crippen molar-refractivity contribution in [2.24, 2.45) is 0 Å². The number of hydrogen-bond acceptors (Lipinski definition) is 5. The fraction of sp³-hybridized carbons (Fsp3) is 0.250. The molecule has 2 rings (SSSR count). The monoisotopic (exact) mass is 415 g/mol. The van der Waals surface area contributed by atoms with E-state index in [4.69, 9.17) is 22.1 Å². The molecule has 0 amide bonds. The molecule has 0 aliphatic heterocycles. The first-order valence-corrected chi connectivity index (χ1v) is 8.15. The van der Waals surface area contributed by atoms with Gasteiger partial charge in [-0.05, 0) is 39.0 Å². The van der Waals surface area contributed by atoms with Gasteiger partial charge in [0.05, 0.1) is 16.4 Å². The number of nitrogen functional groups attached to an aromatic ring is 1. The summed E-state index contributed by atoms with van der Waals surface area (Å²) in [6, 6.07) is 5.00. The Labute approximate surface area is 152 Å². The molecular weight excluding hydrogens is 401 g/mol. The first-order valence-electron chi connectivity index (χ1n) is 6.98. The van der Waals surface area contributed by atoms with E-state index in [0.717, 1.165) is 4.47 Å². The molecule has 0 spiro atoms. The van der Waals surface area contributed by atoms with Crippen molar-refractivity contribution in [3.05, 3.63) is 45.3 Å². The van der Waals surface area contributed by atoms with Gasteiger partial charge >= 0.3 is 5.97 Å². The van der Waals surface area contributed by atoms with Crippen LogP contribution in [0.15, 0.2) is 28.9 Å². The Morgan fingerprint density at radius 1 is 1.42 bits per heavy atom.